The quantitative estimate of drug-likeness (QED) is 0.393. The fraction of sp³-hybridized carbons (Fsp3) is 0.143. The van der Waals surface area contributed by atoms with Gasteiger partial charge in [0.05, 0.1) is 15.7 Å². The van der Waals surface area contributed by atoms with Crippen LogP contribution in [0.1, 0.15) is 20.8 Å². The number of rotatable bonds is 8. The highest BCUT2D eigenvalue weighted by atomic mass is 35.5. The molecule has 1 heterocycles. The first-order valence-corrected chi connectivity index (χ1v) is 11.3. The molecule has 30 heavy (non-hydrogen) atoms. The number of aromatic carboxylic acids is 1. The van der Waals surface area contributed by atoms with Crippen LogP contribution in [0.5, 0.6) is 0 Å². The number of halogens is 2. The first-order chi connectivity index (χ1) is 14.3. The van der Waals surface area contributed by atoms with Crippen molar-refractivity contribution in [2.24, 2.45) is 0 Å². The lowest BCUT2D eigenvalue weighted by Crippen LogP contribution is -2.33. The molecule has 3 aromatic rings. The van der Waals surface area contributed by atoms with E-state index in [-0.39, 0.29) is 23.9 Å². The van der Waals surface area contributed by atoms with Crippen LogP contribution in [0.25, 0.3) is 0 Å². The van der Waals surface area contributed by atoms with Crippen molar-refractivity contribution in [1.82, 2.24) is 5.32 Å². The Labute approximate surface area is 192 Å². The average molecular weight is 481 g/mol. The molecule has 0 atom stereocenters. The second-order valence-corrected chi connectivity index (χ2v) is 9.21. The third-order valence-electron chi connectivity index (χ3n) is 4.08. The number of hydrogen-bond donors (Lipinski definition) is 2. The zero-order chi connectivity index (χ0) is 21.7. The van der Waals surface area contributed by atoms with Crippen LogP contribution < -0.4 is 9.62 Å². The molecular formula is C21H18Cl2N2O3S2. The summed E-state index contributed by atoms with van der Waals surface area (Å²) in [4.78, 5) is 24.8. The number of amides is 1. The molecule has 0 aliphatic rings. The van der Waals surface area contributed by atoms with Gasteiger partial charge in [0, 0.05) is 11.4 Å². The molecule has 9 heteroatoms. The Kier molecular flexibility index (Phi) is 7.66. The maximum Gasteiger partial charge on any atom is 0.345 e. The molecule has 2 N–H and O–H groups in total. The van der Waals surface area contributed by atoms with Gasteiger partial charge in [-0.3, -0.25) is 4.79 Å². The first-order valence-electron chi connectivity index (χ1n) is 8.87. The number of benzene rings is 2. The first kappa shape index (κ1) is 22.5. The number of carbonyl (C=O) groups is 2. The van der Waals surface area contributed by atoms with Crippen LogP contribution in [0.3, 0.4) is 0 Å². The van der Waals surface area contributed by atoms with Crippen molar-refractivity contribution < 1.29 is 14.7 Å². The summed E-state index contributed by atoms with van der Waals surface area (Å²) in [7, 11) is 0. The van der Waals surface area contributed by atoms with Gasteiger partial charge >= 0.3 is 5.97 Å². The second-order valence-electron chi connectivity index (χ2n) is 6.41. The maximum absolute atomic E-state index is 12.6. The van der Waals surface area contributed by atoms with Crippen LogP contribution in [0.15, 0.2) is 58.8 Å². The van der Waals surface area contributed by atoms with Gasteiger partial charge in [-0.25, -0.2) is 4.79 Å². The largest absolute Gasteiger partial charge is 0.477 e. The van der Waals surface area contributed by atoms with Gasteiger partial charge in [-0.15, -0.1) is 11.3 Å². The molecule has 0 fully saturated rings. The molecule has 1 amide bonds. The lowest BCUT2D eigenvalue weighted by Gasteiger charge is -2.24. The second kappa shape index (κ2) is 10.2. The number of carboxylic acids is 1. The molecule has 0 saturated heterocycles. The highest BCUT2D eigenvalue weighted by Gasteiger charge is 2.18. The van der Waals surface area contributed by atoms with Crippen LogP contribution in [0.4, 0.5) is 5.69 Å². The van der Waals surface area contributed by atoms with Gasteiger partial charge < -0.3 is 14.7 Å². The standard InChI is InChI=1S/C21H18Cl2N2O3S2/c1-13-5-7-15(8-6-13)30-25(17-4-2-3-16(22)20(17)23)11-19(26)24-10-14-9-18(21(27)28)29-12-14/h2-9,12H,10-11H2,1H3,(H,24,26)(H,27,28). The van der Waals surface area contributed by atoms with Gasteiger partial charge in [-0.2, -0.15) is 0 Å². The van der Waals surface area contributed by atoms with E-state index in [4.69, 9.17) is 28.3 Å². The summed E-state index contributed by atoms with van der Waals surface area (Å²) in [5, 5.41) is 14.3. The fourth-order valence-corrected chi connectivity index (χ4v) is 4.69. The zero-order valence-electron chi connectivity index (χ0n) is 15.9. The Morgan fingerprint density at radius 3 is 2.57 bits per heavy atom. The number of anilines is 1. The summed E-state index contributed by atoms with van der Waals surface area (Å²) >= 11 is 15.1. The van der Waals surface area contributed by atoms with Crippen molar-refractivity contribution in [3.8, 4) is 0 Å². The molecule has 0 aliphatic carbocycles. The summed E-state index contributed by atoms with van der Waals surface area (Å²) < 4.78 is 1.78. The molecule has 0 aliphatic heterocycles. The molecule has 0 saturated carbocycles. The van der Waals surface area contributed by atoms with E-state index in [9.17, 15) is 9.59 Å². The number of aryl methyl sites for hydroxylation is 1. The lowest BCUT2D eigenvalue weighted by molar-refractivity contribution is -0.119. The third kappa shape index (κ3) is 5.92. The molecule has 0 radical (unpaired) electrons. The van der Waals surface area contributed by atoms with Crippen LogP contribution in [-0.4, -0.2) is 23.5 Å². The van der Waals surface area contributed by atoms with E-state index in [2.05, 4.69) is 5.32 Å². The van der Waals surface area contributed by atoms with E-state index in [0.717, 1.165) is 27.4 Å². The van der Waals surface area contributed by atoms with Crippen molar-refractivity contribution >= 4 is 64.1 Å². The highest BCUT2D eigenvalue weighted by Crippen LogP contribution is 2.37. The number of nitrogens with zero attached hydrogens (tertiary/aromatic N) is 1. The van der Waals surface area contributed by atoms with Crippen molar-refractivity contribution in [2.45, 2.75) is 18.4 Å². The summed E-state index contributed by atoms with van der Waals surface area (Å²) in [6, 6.07) is 14.8. The minimum atomic E-state index is -0.978. The van der Waals surface area contributed by atoms with Gasteiger partial charge in [-0.05, 0) is 60.1 Å². The predicted octanol–water partition coefficient (Wildman–Crippen LogP) is 5.89. The van der Waals surface area contributed by atoms with Gasteiger partial charge in [0.2, 0.25) is 5.91 Å². The summed E-state index contributed by atoms with van der Waals surface area (Å²) in [6.07, 6.45) is 0. The Bertz CT molecular complexity index is 1050. The molecular weight excluding hydrogens is 463 g/mol. The molecule has 5 nitrogen and oxygen atoms in total. The SMILES string of the molecule is Cc1ccc(SN(CC(=O)NCc2csc(C(=O)O)c2)c2cccc(Cl)c2Cl)cc1. The number of carboxylic acid groups (broad SMARTS) is 1. The average Bonchev–Trinajstić information content (AvgIpc) is 3.19. The minimum Gasteiger partial charge on any atom is -0.477 e. The van der Waals surface area contributed by atoms with Crippen molar-refractivity contribution in [1.29, 1.82) is 0 Å². The van der Waals surface area contributed by atoms with Crippen LogP contribution in [-0.2, 0) is 11.3 Å². The van der Waals surface area contributed by atoms with Crippen molar-refractivity contribution in [3.05, 3.63) is 80.0 Å². The van der Waals surface area contributed by atoms with E-state index in [1.807, 2.05) is 31.2 Å². The van der Waals surface area contributed by atoms with Gasteiger partial charge in [0.25, 0.3) is 0 Å². The van der Waals surface area contributed by atoms with E-state index in [1.54, 1.807) is 34.0 Å². The Morgan fingerprint density at radius 2 is 1.90 bits per heavy atom. The summed E-state index contributed by atoms with van der Waals surface area (Å²) in [5.41, 5.74) is 2.51. The lowest BCUT2D eigenvalue weighted by atomic mass is 10.2. The fourth-order valence-electron chi connectivity index (χ4n) is 2.55. The minimum absolute atomic E-state index is 0.0362. The van der Waals surface area contributed by atoms with Crippen LogP contribution in [0.2, 0.25) is 10.0 Å². The van der Waals surface area contributed by atoms with E-state index in [1.165, 1.54) is 11.9 Å². The summed E-state index contributed by atoms with van der Waals surface area (Å²) in [6.45, 7) is 2.29. The van der Waals surface area contributed by atoms with E-state index < -0.39 is 5.97 Å². The number of thiophene rings is 1. The molecule has 156 valence electrons. The molecule has 0 spiro atoms. The highest BCUT2D eigenvalue weighted by molar-refractivity contribution is 8.00. The molecule has 2 aromatic carbocycles. The van der Waals surface area contributed by atoms with E-state index in [0.29, 0.717) is 15.7 Å². The van der Waals surface area contributed by atoms with Crippen molar-refractivity contribution in [2.75, 3.05) is 10.8 Å². The van der Waals surface area contributed by atoms with Crippen molar-refractivity contribution in [3.63, 3.8) is 0 Å². The molecule has 3 rings (SSSR count). The molecule has 0 bridgehead atoms. The molecule has 1 aromatic heterocycles. The van der Waals surface area contributed by atoms with Gasteiger partial charge in [-0.1, -0.05) is 47.0 Å². The maximum atomic E-state index is 12.6. The number of carbonyl (C=O) groups excluding carboxylic acids is 1. The predicted molar refractivity (Wildman–Crippen MR) is 124 cm³/mol. The zero-order valence-corrected chi connectivity index (χ0v) is 19.0. The molecule has 0 unspecified atom stereocenters. The summed E-state index contributed by atoms with van der Waals surface area (Å²) in [5.74, 6) is -1.21. The van der Waals surface area contributed by atoms with Gasteiger partial charge in [0.15, 0.2) is 0 Å². The number of hydrogen-bond acceptors (Lipinski definition) is 5. The van der Waals surface area contributed by atoms with Gasteiger partial charge in [0.1, 0.15) is 11.4 Å². The monoisotopic (exact) mass is 480 g/mol. The Balaban J connectivity index is 1.73. The Morgan fingerprint density at radius 1 is 1.17 bits per heavy atom. The van der Waals surface area contributed by atoms with E-state index >= 15 is 0 Å². The Hall–Kier alpha value is -2.19. The topological polar surface area (TPSA) is 69.6 Å². The normalized spacial score (nSPS) is 10.6. The van der Waals surface area contributed by atoms with Crippen LogP contribution in [0, 0.1) is 6.92 Å². The van der Waals surface area contributed by atoms with Crippen LogP contribution >= 0.6 is 46.5 Å². The third-order valence-corrected chi connectivity index (χ3v) is 6.88. The smallest absolute Gasteiger partial charge is 0.345 e. The number of nitrogens with one attached hydrogen (secondary N) is 1.